The predicted molar refractivity (Wildman–Crippen MR) is 90.4 cm³/mol. The zero-order valence-electron chi connectivity index (χ0n) is 13.9. The molecule has 0 bridgehead atoms. The van der Waals surface area contributed by atoms with Crippen molar-refractivity contribution in [3.63, 3.8) is 0 Å². The van der Waals surface area contributed by atoms with Crippen LogP contribution in [0.5, 0.6) is 0 Å². The van der Waals surface area contributed by atoms with Crippen molar-refractivity contribution < 1.29 is 17.6 Å². The number of para-hydroxylation sites is 1. The van der Waals surface area contributed by atoms with Crippen LogP contribution in [0.1, 0.15) is 13.8 Å². The molecule has 7 nitrogen and oxygen atoms in total. The Balaban J connectivity index is 1.95. The molecule has 1 aromatic rings. The molecule has 1 aromatic carbocycles. The number of benzene rings is 1. The summed E-state index contributed by atoms with van der Waals surface area (Å²) in [7, 11) is -3.49. The summed E-state index contributed by atoms with van der Waals surface area (Å²) in [4.78, 5) is 13.7. The van der Waals surface area contributed by atoms with Gasteiger partial charge in [0.2, 0.25) is 0 Å². The van der Waals surface area contributed by atoms with Crippen molar-refractivity contribution in [2.24, 2.45) is 0 Å². The third-order valence-corrected chi connectivity index (χ3v) is 6.19. The molecule has 0 aromatic heterocycles. The largest absolute Gasteiger partial charge is 0.322 e. The fraction of sp³-hybridized carbons (Fsp3) is 0.533. The summed E-state index contributed by atoms with van der Waals surface area (Å²) in [6.45, 7) is 5.38. The first-order valence-electron chi connectivity index (χ1n) is 7.95. The summed E-state index contributed by atoms with van der Waals surface area (Å²) in [6.07, 6.45) is 0. The van der Waals surface area contributed by atoms with Crippen LogP contribution in [0.25, 0.3) is 0 Å². The van der Waals surface area contributed by atoms with Crippen molar-refractivity contribution in [3.05, 3.63) is 30.1 Å². The lowest BCUT2D eigenvalue weighted by atomic mass is 10.3. The average molecular weight is 358 g/mol. The van der Waals surface area contributed by atoms with Crippen LogP contribution < -0.4 is 5.32 Å². The fourth-order valence-electron chi connectivity index (χ4n) is 2.59. The van der Waals surface area contributed by atoms with Crippen molar-refractivity contribution in [3.8, 4) is 0 Å². The van der Waals surface area contributed by atoms with Crippen LogP contribution in [0.2, 0.25) is 0 Å². The van der Waals surface area contributed by atoms with E-state index in [0.29, 0.717) is 13.1 Å². The molecule has 134 valence electrons. The minimum Gasteiger partial charge on any atom is -0.322 e. The van der Waals surface area contributed by atoms with Gasteiger partial charge in [-0.25, -0.2) is 9.18 Å². The highest BCUT2D eigenvalue weighted by Gasteiger charge is 2.32. The molecule has 1 fully saturated rings. The van der Waals surface area contributed by atoms with Gasteiger partial charge in [0.25, 0.3) is 10.2 Å². The van der Waals surface area contributed by atoms with Crippen molar-refractivity contribution in [1.82, 2.24) is 13.5 Å². The van der Waals surface area contributed by atoms with E-state index in [0.717, 1.165) is 0 Å². The molecule has 0 atom stereocenters. The van der Waals surface area contributed by atoms with E-state index in [1.54, 1.807) is 26.0 Å². The summed E-state index contributed by atoms with van der Waals surface area (Å²) >= 11 is 0. The summed E-state index contributed by atoms with van der Waals surface area (Å²) < 4.78 is 41.2. The number of urea groups is 1. The number of anilines is 1. The zero-order chi connectivity index (χ0) is 17.7. The van der Waals surface area contributed by atoms with Crippen LogP contribution in [0, 0.1) is 5.82 Å². The lowest BCUT2D eigenvalue weighted by Gasteiger charge is -2.36. The van der Waals surface area contributed by atoms with E-state index in [4.69, 9.17) is 0 Å². The van der Waals surface area contributed by atoms with Gasteiger partial charge in [0.05, 0.1) is 5.69 Å². The lowest BCUT2D eigenvalue weighted by Crippen LogP contribution is -2.54. The van der Waals surface area contributed by atoms with Crippen molar-refractivity contribution in [2.45, 2.75) is 13.8 Å². The smallest absolute Gasteiger partial charge is 0.322 e. The Morgan fingerprint density at radius 3 is 2.29 bits per heavy atom. The molecule has 0 radical (unpaired) electrons. The van der Waals surface area contributed by atoms with Gasteiger partial charge in [-0.2, -0.15) is 17.0 Å². The first-order valence-corrected chi connectivity index (χ1v) is 9.35. The van der Waals surface area contributed by atoms with Crippen LogP contribution in [0.4, 0.5) is 14.9 Å². The predicted octanol–water partition coefficient (Wildman–Crippen LogP) is 1.56. The molecule has 9 heteroatoms. The molecule has 0 unspecified atom stereocenters. The van der Waals surface area contributed by atoms with E-state index < -0.39 is 22.1 Å². The number of nitrogens with one attached hydrogen (secondary N) is 1. The topological polar surface area (TPSA) is 73.0 Å². The highest BCUT2D eigenvalue weighted by Crippen LogP contribution is 2.15. The summed E-state index contributed by atoms with van der Waals surface area (Å²) in [5.41, 5.74) is 0.112. The summed E-state index contributed by atoms with van der Waals surface area (Å²) in [5.74, 6) is -0.506. The molecule has 1 aliphatic rings. The second kappa shape index (κ2) is 7.91. The quantitative estimate of drug-likeness (QED) is 0.868. The molecule has 1 heterocycles. The van der Waals surface area contributed by atoms with Gasteiger partial charge < -0.3 is 10.2 Å². The van der Waals surface area contributed by atoms with Gasteiger partial charge in [0.15, 0.2) is 0 Å². The normalized spacial score (nSPS) is 16.4. The molecule has 0 aliphatic carbocycles. The first kappa shape index (κ1) is 18.6. The van der Waals surface area contributed by atoms with Gasteiger partial charge in [-0.1, -0.05) is 26.0 Å². The van der Waals surface area contributed by atoms with Gasteiger partial charge in [-0.05, 0) is 12.1 Å². The van der Waals surface area contributed by atoms with E-state index in [1.807, 2.05) is 0 Å². The minimum atomic E-state index is -3.49. The number of piperazine rings is 1. The third-order valence-electron chi connectivity index (χ3n) is 4.00. The highest BCUT2D eigenvalue weighted by atomic mass is 32.2. The van der Waals surface area contributed by atoms with Gasteiger partial charge in [-0.3, -0.25) is 0 Å². The molecule has 1 saturated heterocycles. The Labute approximate surface area is 142 Å². The maximum absolute atomic E-state index is 13.6. The van der Waals surface area contributed by atoms with Crippen LogP contribution >= 0.6 is 0 Å². The molecule has 1 aliphatic heterocycles. The Morgan fingerprint density at radius 2 is 1.75 bits per heavy atom. The van der Waals surface area contributed by atoms with E-state index in [-0.39, 0.29) is 31.9 Å². The standard InChI is InChI=1S/C15H23FN4O3S/c1-3-19(4-2)24(22,23)20-11-9-18(10-12-20)15(21)17-14-8-6-5-7-13(14)16/h5-8H,3-4,9-12H2,1-2H3,(H,17,21). The van der Waals surface area contributed by atoms with Crippen molar-refractivity contribution in [2.75, 3.05) is 44.6 Å². The number of nitrogens with zero attached hydrogens (tertiary/aromatic N) is 3. The first-order chi connectivity index (χ1) is 11.4. The second-order valence-corrected chi connectivity index (χ2v) is 7.32. The Kier molecular flexibility index (Phi) is 6.14. The van der Waals surface area contributed by atoms with E-state index in [9.17, 15) is 17.6 Å². The SMILES string of the molecule is CCN(CC)S(=O)(=O)N1CCN(C(=O)Nc2ccccc2F)CC1. The summed E-state index contributed by atoms with van der Waals surface area (Å²) in [5, 5.41) is 2.51. The minimum absolute atomic E-state index is 0.112. The van der Waals surface area contributed by atoms with Gasteiger partial charge >= 0.3 is 6.03 Å². The van der Waals surface area contributed by atoms with Gasteiger partial charge in [-0.15, -0.1) is 0 Å². The lowest BCUT2D eigenvalue weighted by molar-refractivity contribution is 0.181. The van der Waals surface area contributed by atoms with Gasteiger partial charge in [0.1, 0.15) is 5.82 Å². The number of hydrogen-bond acceptors (Lipinski definition) is 3. The second-order valence-electron chi connectivity index (χ2n) is 5.39. The molecule has 0 saturated carbocycles. The maximum Gasteiger partial charge on any atom is 0.322 e. The van der Waals surface area contributed by atoms with E-state index in [1.165, 1.54) is 25.6 Å². The maximum atomic E-state index is 13.6. The highest BCUT2D eigenvalue weighted by molar-refractivity contribution is 7.86. The van der Waals surface area contributed by atoms with Crippen LogP contribution in [-0.2, 0) is 10.2 Å². The Bertz CT molecular complexity index is 671. The monoisotopic (exact) mass is 358 g/mol. The number of carbonyl (C=O) groups excluding carboxylic acids is 1. The molecule has 24 heavy (non-hydrogen) atoms. The van der Waals surface area contributed by atoms with E-state index >= 15 is 0 Å². The molecule has 2 rings (SSSR count). The van der Waals surface area contributed by atoms with E-state index in [2.05, 4.69) is 5.32 Å². The fourth-order valence-corrected chi connectivity index (χ4v) is 4.20. The van der Waals surface area contributed by atoms with Crippen LogP contribution in [-0.4, -0.2) is 67.2 Å². The number of carbonyl (C=O) groups is 1. The molecule has 0 spiro atoms. The summed E-state index contributed by atoms with van der Waals surface area (Å²) in [6, 6.07) is 5.49. The molecular weight excluding hydrogens is 335 g/mol. The number of halogens is 1. The Hall–Kier alpha value is -1.71. The molecule has 1 N–H and O–H groups in total. The van der Waals surface area contributed by atoms with Gasteiger partial charge in [0, 0.05) is 39.3 Å². The van der Waals surface area contributed by atoms with Crippen molar-refractivity contribution in [1.29, 1.82) is 0 Å². The Morgan fingerprint density at radius 1 is 1.17 bits per heavy atom. The third kappa shape index (κ3) is 4.03. The molecule has 2 amide bonds. The zero-order valence-corrected chi connectivity index (χ0v) is 14.7. The number of amides is 2. The van der Waals surface area contributed by atoms with Crippen LogP contribution in [0.3, 0.4) is 0 Å². The number of hydrogen-bond donors (Lipinski definition) is 1. The van der Waals surface area contributed by atoms with Crippen LogP contribution in [0.15, 0.2) is 24.3 Å². The molecular formula is C15H23FN4O3S. The number of rotatable bonds is 5. The average Bonchev–Trinajstić information content (AvgIpc) is 2.58. The van der Waals surface area contributed by atoms with Crippen molar-refractivity contribution >= 4 is 21.9 Å².